The summed E-state index contributed by atoms with van der Waals surface area (Å²) in [6, 6.07) is 5.75. The third kappa shape index (κ3) is 4.29. The topological polar surface area (TPSA) is 79.0 Å². The predicted molar refractivity (Wildman–Crippen MR) is 107 cm³/mol. The Morgan fingerprint density at radius 2 is 1.79 bits per heavy atom. The van der Waals surface area contributed by atoms with Gasteiger partial charge in [-0.25, -0.2) is 0 Å². The molecular weight excluding hydrogens is 370 g/mol. The van der Waals surface area contributed by atoms with Gasteiger partial charge in [-0.3, -0.25) is 14.4 Å². The second kappa shape index (κ2) is 8.14. The molecule has 0 aromatic heterocycles. The first-order chi connectivity index (χ1) is 13.9. The number of aryl methyl sites for hydroxylation is 2. The molecule has 0 saturated carbocycles. The lowest BCUT2D eigenvalue weighted by atomic mass is 9.93. The highest BCUT2D eigenvalue weighted by molar-refractivity contribution is 5.95. The molecule has 7 heteroatoms. The summed E-state index contributed by atoms with van der Waals surface area (Å²) in [5, 5.41) is 2.94. The largest absolute Gasteiger partial charge is 0.366 e. The van der Waals surface area contributed by atoms with Crippen LogP contribution in [0.5, 0.6) is 0 Å². The maximum atomic E-state index is 13.2. The van der Waals surface area contributed by atoms with Crippen molar-refractivity contribution < 1.29 is 19.1 Å². The first-order valence-electron chi connectivity index (χ1n) is 10.5. The average molecular weight is 399 g/mol. The fourth-order valence-electron chi connectivity index (χ4n) is 4.80. The molecule has 3 aliphatic rings. The summed E-state index contributed by atoms with van der Waals surface area (Å²) in [6.45, 7) is 6.34. The highest BCUT2D eigenvalue weighted by atomic mass is 16.5. The van der Waals surface area contributed by atoms with Crippen LogP contribution in [0.4, 0.5) is 0 Å². The molecule has 3 amide bonds. The minimum absolute atomic E-state index is 0.000882. The number of fused-ring (bicyclic) bond motifs is 1. The summed E-state index contributed by atoms with van der Waals surface area (Å²) >= 11 is 0. The summed E-state index contributed by atoms with van der Waals surface area (Å²) in [6.07, 6.45) is 2.34. The van der Waals surface area contributed by atoms with Crippen LogP contribution in [0.2, 0.25) is 0 Å². The number of piperidine rings is 2. The molecule has 3 atom stereocenters. The summed E-state index contributed by atoms with van der Waals surface area (Å²) < 4.78 is 5.58. The van der Waals surface area contributed by atoms with Gasteiger partial charge in [-0.2, -0.15) is 0 Å². The predicted octanol–water partition coefficient (Wildman–Crippen LogP) is 1.27. The van der Waals surface area contributed by atoms with Gasteiger partial charge in [0.15, 0.2) is 0 Å². The Labute approximate surface area is 171 Å². The SMILES string of the molecule is Cc1cc(C)cc(C(=O)N2CCCC(C(=O)N3CC[C@@H]4OCC(=O)N[C@@H]4C3)C2)c1. The number of rotatable bonds is 2. The van der Waals surface area contributed by atoms with E-state index < -0.39 is 0 Å². The molecule has 1 N–H and O–H groups in total. The van der Waals surface area contributed by atoms with Crippen LogP contribution >= 0.6 is 0 Å². The Bertz CT molecular complexity index is 804. The summed E-state index contributed by atoms with van der Waals surface area (Å²) in [5.74, 6) is -0.221. The van der Waals surface area contributed by atoms with Crippen LogP contribution in [0.3, 0.4) is 0 Å². The molecule has 0 spiro atoms. The molecule has 3 heterocycles. The van der Waals surface area contributed by atoms with E-state index >= 15 is 0 Å². The van der Waals surface area contributed by atoms with Gasteiger partial charge in [-0.15, -0.1) is 0 Å². The minimum atomic E-state index is -0.185. The number of carbonyl (C=O) groups excluding carboxylic acids is 3. The number of likely N-dealkylation sites (tertiary alicyclic amines) is 2. The third-order valence-corrected chi connectivity index (χ3v) is 6.16. The van der Waals surface area contributed by atoms with Crippen LogP contribution in [0.25, 0.3) is 0 Å². The lowest BCUT2D eigenvalue weighted by molar-refractivity contribution is -0.149. The number of hydrogen-bond acceptors (Lipinski definition) is 4. The molecule has 3 saturated heterocycles. The minimum Gasteiger partial charge on any atom is -0.366 e. The van der Waals surface area contributed by atoms with Crippen LogP contribution in [0.15, 0.2) is 18.2 Å². The van der Waals surface area contributed by atoms with Crippen molar-refractivity contribution in [2.24, 2.45) is 5.92 Å². The molecule has 0 bridgehead atoms. The maximum Gasteiger partial charge on any atom is 0.253 e. The zero-order chi connectivity index (χ0) is 20.5. The van der Waals surface area contributed by atoms with E-state index in [4.69, 9.17) is 4.74 Å². The Balaban J connectivity index is 1.40. The molecule has 3 fully saturated rings. The quantitative estimate of drug-likeness (QED) is 0.812. The van der Waals surface area contributed by atoms with Crippen LogP contribution in [-0.4, -0.2) is 72.5 Å². The van der Waals surface area contributed by atoms with Gasteiger partial charge in [0, 0.05) is 31.7 Å². The Kier molecular flexibility index (Phi) is 5.58. The Morgan fingerprint density at radius 1 is 1.03 bits per heavy atom. The number of carbonyl (C=O) groups is 3. The van der Waals surface area contributed by atoms with E-state index in [1.54, 1.807) is 0 Å². The monoisotopic (exact) mass is 399 g/mol. The van der Waals surface area contributed by atoms with E-state index in [1.165, 1.54) is 0 Å². The van der Waals surface area contributed by atoms with E-state index in [-0.39, 0.29) is 42.4 Å². The molecule has 1 aromatic rings. The average Bonchev–Trinajstić information content (AvgIpc) is 2.71. The number of benzene rings is 1. The first kappa shape index (κ1) is 19.9. The molecule has 0 radical (unpaired) electrons. The molecular formula is C22H29N3O4. The van der Waals surface area contributed by atoms with E-state index in [0.717, 1.165) is 30.4 Å². The Hall–Kier alpha value is -2.41. The first-order valence-corrected chi connectivity index (χ1v) is 10.5. The van der Waals surface area contributed by atoms with E-state index in [2.05, 4.69) is 11.4 Å². The zero-order valence-corrected chi connectivity index (χ0v) is 17.1. The standard InChI is InChI=1S/C22H29N3O4/c1-14-8-15(2)10-17(9-14)22(28)24-6-3-4-16(11-24)21(27)25-7-5-19-18(12-25)23-20(26)13-29-19/h8-10,16,18-19H,3-7,11-13H2,1-2H3,(H,23,26)/t16?,18-,19+/m1/s1. The fourth-order valence-corrected chi connectivity index (χ4v) is 4.80. The molecule has 0 aliphatic carbocycles. The van der Waals surface area contributed by atoms with E-state index in [1.807, 2.05) is 35.8 Å². The highest BCUT2D eigenvalue weighted by Crippen LogP contribution is 2.24. The third-order valence-electron chi connectivity index (χ3n) is 6.16. The van der Waals surface area contributed by atoms with Gasteiger partial charge < -0.3 is 19.9 Å². The number of amides is 3. The highest BCUT2D eigenvalue weighted by Gasteiger charge is 2.39. The molecule has 4 rings (SSSR count). The molecule has 1 aromatic carbocycles. The second-order valence-electron chi connectivity index (χ2n) is 8.56. The Morgan fingerprint density at radius 3 is 2.55 bits per heavy atom. The lowest BCUT2D eigenvalue weighted by Gasteiger charge is -2.43. The van der Waals surface area contributed by atoms with E-state index in [0.29, 0.717) is 31.7 Å². The van der Waals surface area contributed by atoms with Gasteiger partial charge in [0.25, 0.3) is 5.91 Å². The van der Waals surface area contributed by atoms with Crippen molar-refractivity contribution in [1.82, 2.24) is 15.1 Å². The maximum absolute atomic E-state index is 13.2. The number of nitrogens with one attached hydrogen (secondary N) is 1. The lowest BCUT2D eigenvalue weighted by Crippen LogP contribution is -2.62. The number of hydrogen-bond donors (Lipinski definition) is 1. The molecule has 29 heavy (non-hydrogen) atoms. The van der Waals surface area contributed by atoms with Crippen molar-refractivity contribution in [3.05, 3.63) is 34.9 Å². The van der Waals surface area contributed by atoms with Crippen LogP contribution < -0.4 is 5.32 Å². The molecule has 1 unspecified atom stereocenters. The number of morpholine rings is 1. The van der Waals surface area contributed by atoms with Crippen molar-refractivity contribution in [2.75, 3.05) is 32.8 Å². The zero-order valence-electron chi connectivity index (χ0n) is 17.1. The number of nitrogens with zero attached hydrogens (tertiary/aromatic N) is 2. The van der Waals surface area contributed by atoms with Gasteiger partial charge in [0.1, 0.15) is 6.61 Å². The summed E-state index contributed by atoms with van der Waals surface area (Å²) in [7, 11) is 0. The van der Waals surface area contributed by atoms with Crippen molar-refractivity contribution in [3.63, 3.8) is 0 Å². The molecule has 156 valence electrons. The fraction of sp³-hybridized carbons (Fsp3) is 0.591. The van der Waals surface area contributed by atoms with Crippen molar-refractivity contribution in [1.29, 1.82) is 0 Å². The normalized spacial score (nSPS) is 27.2. The van der Waals surface area contributed by atoms with Gasteiger partial charge in [0.2, 0.25) is 11.8 Å². The van der Waals surface area contributed by atoms with Crippen molar-refractivity contribution >= 4 is 17.7 Å². The van der Waals surface area contributed by atoms with Crippen molar-refractivity contribution in [2.45, 2.75) is 45.3 Å². The van der Waals surface area contributed by atoms with Crippen LogP contribution in [0.1, 0.15) is 40.7 Å². The molecule has 7 nitrogen and oxygen atoms in total. The van der Waals surface area contributed by atoms with Crippen LogP contribution in [-0.2, 0) is 14.3 Å². The smallest absolute Gasteiger partial charge is 0.253 e. The molecule has 3 aliphatic heterocycles. The number of ether oxygens (including phenoxy) is 1. The van der Waals surface area contributed by atoms with Crippen molar-refractivity contribution in [3.8, 4) is 0 Å². The van der Waals surface area contributed by atoms with Gasteiger partial charge in [0.05, 0.1) is 18.1 Å². The second-order valence-corrected chi connectivity index (χ2v) is 8.56. The van der Waals surface area contributed by atoms with E-state index in [9.17, 15) is 14.4 Å². The van der Waals surface area contributed by atoms with Gasteiger partial charge >= 0.3 is 0 Å². The van der Waals surface area contributed by atoms with Gasteiger partial charge in [-0.1, -0.05) is 17.2 Å². The summed E-state index contributed by atoms with van der Waals surface area (Å²) in [5.41, 5.74) is 2.83. The van der Waals surface area contributed by atoms with Crippen LogP contribution in [0, 0.1) is 19.8 Å². The summed E-state index contributed by atoms with van der Waals surface area (Å²) in [4.78, 5) is 41.4. The van der Waals surface area contributed by atoms with Gasteiger partial charge in [-0.05, 0) is 45.2 Å².